The number of carbonyl (C=O) groups excluding carboxylic acids is 2. The Kier molecular flexibility index (Phi) is 6.29. The van der Waals surface area contributed by atoms with Crippen LogP contribution in [0.1, 0.15) is 38.0 Å². The Labute approximate surface area is 181 Å². The Balaban J connectivity index is 1.45. The number of fused-ring (bicyclic) bond motifs is 1. The van der Waals surface area contributed by atoms with Gasteiger partial charge in [0.05, 0.1) is 6.61 Å². The van der Waals surface area contributed by atoms with Gasteiger partial charge in [-0.15, -0.1) is 0 Å². The highest BCUT2D eigenvalue weighted by Crippen LogP contribution is 2.34. The van der Waals surface area contributed by atoms with Crippen molar-refractivity contribution >= 4 is 17.5 Å². The van der Waals surface area contributed by atoms with Crippen molar-refractivity contribution in [2.24, 2.45) is 0 Å². The summed E-state index contributed by atoms with van der Waals surface area (Å²) < 4.78 is 5.18. The molecule has 1 aliphatic rings. The molecule has 0 bridgehead atoms. The van der Waals surface area contributed by atoms with E-state index in [0.29, 0.717) is 30.8 Å². The van der Waals surface area contributed by atoms with Crippen molar-refractivity contribution in [3.8, 4) is 0 Å². The van der Waals surface area contributed by atoms with Crippen molar-refractivity contribution in [1.29, 1.82) is 0 Å². The lowest BCUT2D eigenvalue weighted by Gasteiger charge is -2.27. The molecule has 0 saturated heterocycles. The Morgan fingerprint density at radius 1 is 0.968 bits per heavy atom. The highest BCUT2D eigenvalue weighted by Gasteiger charge is 2.36. The second-order valence-corrected chi connectivity index (χ2v) is 7.37. The minimum absolute atomic E-state index is 0.0120. The standard InChI is InChI=1S/C25H25N3O3/c1-31-16-15-28-23(21-9-5-6-10-22(21)25(28)30)27-20-13-11-19(12-14-20)24(29)26-17-18-7-3-2-4-8-18/h2-14,23,27H,15-17H2,1H3,(H,26,29). The molecule has 6 heteroatoms. The van der Waals surface area contributed by atoms with Gasteiger partial charge in [0.15, 0.2) is 0 Å². The minimum Gasteiger partial charge on any atom is -0.383 e. The zero-order valence-corrected chi connectivity index (χ0v) is 17.4. The molecule has 1 aliphatic heterocycles. The van der Waals surface area contributed by atoms with Gasteiger partial charge >= 0.3 is 0 Å². The summed E-state index contributed by atoms with van der Waals surface area (Å²) in [4.78, 5) is 27.0. The van der Waals surface area contributed by atoms with Crippen LogP contribution < -0.4 is 10.6 Å². The molecule has 0 aromatic heterocycles. The first-order chi connectivity index (χ1) is 15.2. The fourth-order valence-corrected chi connectivity index (χ4v) is 3.70. The van der Waals surface area contributed by atoms with E-state index in [9.17, 15) is 9.59 Å². The van der Waals surface area contributed by atoms with E-state index in [4.69, 9.17) is 4.74 Å². The summed E-state index contributed by atoms with van der Waals surface area (Å²) in [7, 11) is 1.62. The molecule has 6 nitrogen and oxygen atoms in total. The van der Waals surface area contributed by atoms with Crippen LogP contribution in [0.4, 0.5) is 5.69 Å². The normalized spacial score (nSPS) is 14.9. The molecule has 31 heavy (non-hydrogen) atoms. The van der Waals surface area contributed by atoms with Crippen molar-refractivity contribution in [3.05, 3.63) is 101 Å². The van der Waals surface area contributed by atoms with E-state index in [-0.39, 0.29) is 18.0 Å². The number of anilines is 1. The fourth-order valence-electron chi connectivity index (χ4n) is 3.70. The van der Waals surface area contributed by atoms with E-state index in [0.717, 1.165) is 16.8 Å². The monoisotopic (exact) mass is 415 g/mol. The first-order valence-corrected chi connectivity index (χ1v) is 10.2. The molecule has 1 heterocycles. The predicted molar refractivity (Wildman–Crippen MR) is 120 cm³/mol. The van der Waals surface area contributed by atoms with E-state index in [1.54, 1.807) is 24.1 Å². The Bertz CT molecular complexity index is 1050. The van der Waals surface area contributed by atoms with E-state index < -0.39 is 0 Å². The van der Waals surface area contributed by atoms with Crippen LogP contribution in [-0.2, 0) is 11.3 Å². The Morgan fingerprint density at radius 3 is 2.42 bits per heavy atom. The van der Waals surface area contributed by atoms with Crippen LogP contribution in [0.2, 0.25) is 0 Å². The van der Waals surface area contributed by atoms with Gasteiger partial charge in [0.25, 0.3) is 11.8 Å². The second kappa shape index (κ2) is 9.45. The van der Waals surface area contributed by atoms with Gasteiger partial charge in [-0.25, -0.2) is 0 Å². The van der Waals surface area contributed by atoms with E-state index in [1.165, 1.54) is 0 Å². The van der Waals surface area contributed by atoms with Gasteiger partial charge in [0.2, 0.25) is 0 Å². The maximum absolute atomic E-state index is 12.8. The largest absolute Gasteiger partial charge is 0.383 e. The van der Waals surface area contributed by atoms with Crippen LogP contribution in [0.15, 0.2) is 78.9 Å². The van der Waals surface area contributed by atoms with Crippen LogP contribution in [0.25, 0.3) is 0 Å². The molecule has 0 radical (unpaired) electrons. The molecule has 2 amide bonds. The predicted octanol–water partition coefficient (Wildman–Crippen LogP) is 3.83. The van der Waals surface area contributed by atoms with Crippen molar-refractivity contribution in [3.63, 3.8) is 0 Å². The quantitative estimate of drug-likeness (QED) is 0.587. The van der Waals surface area contributed by atoms with Crippen molar-refractivity contribution in [2.75, 3.05) is 25.6 Å². The maximum atomic E-state index is 12.8. The van der Waals surface area contributed by atoms with E-state index in [2.05, 4.69) is 10.6 Å². The third kappa shape index (κ3) is 4.59. The zero-order chi connectivity index (χ0) is 21.6. The number of hydrogen-bond donors (Lipinski definition) is 2. The molecule has 0 saturated carbocycles. The molecule has 0 fully saturated rings. The number of rotatable bonds is 8. The van der Waals surface area contributed by atoms with Crippen LogP contribution in [-0.4, -0.2) is 37.0 Å². The molecule has 2 N–H and O–H groups in total. The van der Waals surface area contributed by atoms with E-state index >= 15 is 0 Å². The summed E-state index contributed by atoms with van der Waals surface area (Å²) in [5.41, 5.74) is 4.10. The smallest absolute Gasteiger partial charge is 0.256 e. The molecule has 0 spiro atoms. The van der Waals surface area contributed by atoms with Gasteiger partial charge < -0.3 is 20.3 Å². The SMILES string of the molecule is COCCN1C(=O)c2ccccc2C1Nc1ccc(C(=O)NCc2ccccc2)cc1. The average Bonchev–Trinajstić information content (AvgIpc) is 3.08. The topological polar surface area (TPSA) is 70.7 Å². The molecular weight excluding hydrogens is 390 g/mol. The number of nitrogens with one attached hydrogen (secondary N) is 2. The fraction of sp³-hybridized carbons (Fsp3) is 0.200. The van der Waals surface area contributed by atoms with Gasteiger partial charge in [-0.05, 0) is 35.9 Å². The first kappa shape index (κ1) is 20.6. The molecule has 0 aliphatic carbocycles. The number of amides is 2. The van der Waals surface area contributed by atoms with Gasteiger partial charge in [0.1, 0.15) is 6.17 Å². The van der Waals surface area contributed by atoms with Gasteiger partial charge in [0, 0.05) is 42.6 Å². The third-order valence-electron chi connectivity index (χ3n) is 5.34. The van der Waals surface area contributed by atoms with Crippen LogP contribution in [0.5, 0.6) is 0 Å². The number of methoxy groups -OCH3 is 1. The second-order valence-electron chi connectivity index (χ2n) is 7.37. The Morgan fingerprint density at radius 2 is 1.68 bits per heavy atom. The molecule has 4 rings (SSSR count). The van der Waals surface area contributed by atoms with Gasteiger partial charge in [-0.1, -0.05) is 48.5 Å². The first-order valence-electron chi connectivity index (χ1n) is 10.2. The number of hydrogen-bond acceptors (Lipinski definition) is 4. The summed E-state index contributed by atoms with van der Waals surface area (Å²) in [6, 6.07) is 24.7. The molecule has 3 aromatic carbocycles. The van der Waals surface area contributed by atoms with E-state index in [1.807, 2.05) is 66.7 Å². The lowest BCUT2D eigenvalue weighted by Crippen LogP contribution is -2.35. The van der Waals surface area contributed by atoms with Gasteiger partial charge in [-0.2, -0.15) is 0 Å². The molecule has 3 aromatic rings. The summed E-state index contributed by atoms with van der Waals surface area (Å²) >= 11 is 0. The lowest BCUT2D eigenvalue weighted by atomic mass is 10.1. The number of carbonyl (C=O) groups is 2. The third-order valence-corrected chi connectivity index (χ3v) is 5.34. The van der Waals surface area contributed by atoms with Crippen molar-refractivity contribution < 1.29 is 14.3 Å². The number of nitrogens with zero attached hydrogens (tertiary/aromatic N) is 1. The maximum Gasteiger partial charge on any atom is 0.256 e. The van der Waals surface area contributed by atoms with Crippen molar-refractivity contribution in [1.82, 2.24) is 10.2 Å². The molecule has 158 valence electrons. The van der Waals surface area contributed by atoms with Crippen molar-refractivity contribution in [2.45, 2.75) is 12.7 Å². The van der Waals surface area contributed by atoms with Crippen LogP contribution in [0, 0.1) is 0 Å². The summed E-state index contributed by atoms with van der Waals surface area (Å²) in [5.74, 6) is -0.138. The highest BCUT2D eigenvalue weighted by molar-refractivity contribution is 5.99. The lowest BCUT2D eigenvalue weighted by molar-refractivity contribution is 0.0674. The summed E-state index contributed by atoms with van der Waals surface area (Å²) in [5, 5.41) is 6.36. The highest BCUT2D eigenvalue weighted by atomic mass is 16.5. The average molecular weight is 415 g/mol. The van der Waals surface area contributed by atoms with Gasteiger partial charge in [-0.3, -0.25) is 9.59 Å². The number of ether oxygens (including phenoxy) is 1. The van der Waals surface area contributed by atoms with Crippen LogP contribution >= 0.6 is 0 Å². The summed E-state index contributed by atoms with van der Waals surface area (Å²) in [6.07, 6.45) is -0.281. The minimum atomic E-state index is -0.281. The molecule has 1 atom stereocenters. The zero-order valence-electron chi connectivity index (χ0n) is 17.4. The molecular formula is C25H25N3O3. The Hall–Kier alpha value is -3.64. The molecule has 1 unspecified atom stereocenters. The number of benzene rings is 3. The van der Waals surface area contributed by atoms with Crippen LogP contribution in [0.3, 0.4) is 0 Å². The summed E-state index contributed by atoms with van der Waals surface area (Å²) in [6.45, 7) is 1.43.